The average Bonchev–Trinajstić information content (AvgIpc) is 3.39. The maximum absolute atomic E-state index is 12.3. The van der Waals surface area contributed by atoms with E-state index in [1.54, 1.807) is 6.07 Å². The summed E-state index contributed by atoms with van der Waals surface area (Å²) in [5.41, 5.74) is 1.26. The summed E-state index contributed by atoms with van der Waals surface area (Å²) in [5, 5.41) is 6.92. The molecule has 26 heavy (non-hydrogen) atoms. The predicted molar refractivity (Wildman–Crippen MR) is 97.8 cm³/mol. The minimum absolute atomic E-state index is 0.164. The van der Waals surface area contributed by atoms with E-state index >= 15 is 0 Å². The molecule has 0 aliphatic carbocycles. The largest absolute Gasteiger partial charge is 0.380 e. The van der Waals surface area contributed by atoms with Gasteiger partial charge < -0.3 is 14.6 Å². The molecule has 2 aliphatic heterocycles. The molecule has 2 aromatic rings. The van der Waals surface area contributed by atoms with E-state index in [-0.39, 0.29) is 5.91 Å². The molecule has 1 amide bonds. The molecule has 0 radical (unpaired) electrons. The molecule has 1 aromatic heterocycles. The first-order valence-electron chi connectivity index (χ1n) is 9.42. The van der Waals surface area contributed by atoms with Crippen molar-refractivity contribution < 1.29 is 14.1 Å². The highest BCUT2D eigenvalue weighted by atomic mass is 16.5. The molecule has 0 unspecified atom stereocenters. The lowest BCUT2D eigenvalue weighted by atomic mass is 9.95. The van der Waals surface area contributed by atoms with Gasteiger partial charge in [-0.05, 0) is 38.3 Å². The molecule has 0 bridgehead atoms. The molecule has 1 N–H and O–H groups in total. The molecule has 1 aromatic carbocycles. The Kier molecular flexibility index (Phi) is 5.32. The highest BCUT2D eigenvalue weighted by Crippen LogP contribution is 2.22. The van der Waals surface area contributed by atoms with Crippen molar-refractivity contribution >= 4 is 5.91 Å². The second kappa shape index (κ2) is 8.01. The van der Waals surface area contributed by atoms with Crippen molar-refractivity contribution in [1.82, 2.24) is 15.4 Å². The van der Waals surface area contributed by atoms with Crippen LogP contribution in [0, 0.1) is 5.92 Å². The van der Waals surface area contributed by atoms with Crippen molar-refractivity contribution in [2.24, 2.45) is 5.92 Å². The van der Waals surface area contributed by atoms with E-state index in [1.165, 1.54) is 0 Å². The van der Waals surface area contributed by atoms with Crippen LogP contribution in [0.25, 0.3) is 11.3 Å². The molecule has 2 saturated heterocycles. The lowest BCUT2D eigenvalue weighted by molar-refractivity contribution is 0.0903. The Labute approximate surface area is 153 Å². The lowest BCUT2D eigenvalue weighted by Gasteiger charge is -2.35. The first-order valence-corrected chi connectivity index (χ1v) is 9.42. The van der Waals surface area contributed by atoms with Gasteiger partial charge in [0, 0.05) is 30.8 Å². The fraction of sp³-hybridized carbons (Fsp3) is 0.500. The third kappa shape index (κ3) is 3.97. The van der Waals surface area contributed by atoms with E-state index in [9.17, 15) is 4.79 Å². The molecule has 4 rings (SSSR count). The minimum Gasteiger partial charge on any atom is -0.380 e. The van der Waals surface area contributed by atoms with Crippen molar-refractivity contribution in [3.05, 3.63) is 42.1 Å². The molecule has 0 spiro atoms. The Balaban J connectivity index is 1.25. The number of likely N-dealkylation sites (tertiary alicyclic amines) is 1. The average molecular weight is 355 g/mol. The van der Waals surface area contributed by atoms with Crippen molar-refractivity contribution in [2.45, 2.75) is 25.3 Å². The quantitative estimate of drug-likeness (QED) is 0.893. The fourth-order valence-corrected chi connectivity index (χ4v) is 3.78. The van der Waals surface area contributed by atoms with Crippen LogP contribution in [0.5, 0.6) is 0 Å². The van der Waals surface area contributed by atoms with Crippen LogP contribution >= 0.6 is 0 Å². The first kappa shape index (κ1) is 17.2. The molecule has 2 fully saturated rings. The number of carbonyl (C=O) groups excluding carboxylic acids is 1. The van der Waals surface area contributed by atoms with Gasteiger partial charge in [-0.15, -0.1) is 0 Å². The molecule has 1 atom stereocenters. The van der Waals surface area contributed by atoms with Crippen LogP contribution in [0.15, 0.2) is 40.9 Å². The van der Waals surface area contributed by atoms with Crippen molar-refractivity contribution in [3.8, 4) is 11.3 Å². The summed E-state index contributed by atoms with van der Waals surface area (Å²) in [7, 11) is 0. The highest BCUT2D eigenvalue weighted by Gasteiger charge is 2.27. The van der Waals surface area contributed by atoms with Crippen LogP contribution in [0.4, 0.5) is 0 Å². The number of carbonyl (C=O) groups is 1. The SMILES string of the molecule is O=C(NCC1CCN([C@@H]2CCOC2)CC1)c1cc(-c2ccccc2)on1. The number of nitrogens with zero attached hydrogens (tertiary/aromatic N) is 2. The Morgan fingerprint density at radius 2 is 2.00 bits per heavy atom. The molecule has 0 saturated carbocycles. The Morgan fingerprint density at radius 3 is 2.73 bits per heavy atom. The number of rotatable bonds is 5. The number of hydrogen-bond acceptors (Lipinski definition) is 5. The van der Waals surface area contributed by atoms with Gasteiger partial charge in [0.2, 0.25) is 0 Å². The number of hydrogen-bond donors (Lipinski definition) is 1. The number of benzene rings is 1. The molecular formula is C20H25N3O3. The van der Waals surface area contributed by atoms with Crippen LogP contribution in [0.3, 0.4) is 0 Å². The Bertz CT molecular complexity index is 717. The van der Waals surface area contributed by atoms with Gasteiger partial charge in [-0.1, -0.05) is 35.5 Å². The Hall–Kier alpha value is -2.18. The highest BCUT2D eigenvalue weighted by molar-refractivity contribution is 5.93. The summed E-state index contributed by atoms with van der Waals surface area (Å²) in [5.74, 6) is 0.975. The van der Waals surface area contributed by atoms with Crippen LogP contribution in [-0.4, -0.2) is 54.9 Å². The van der Waals surface area contributed by atoms with Crippen LogP contribution in [-0.2, 0) is 4.74 Å². The van der Waals surface area contributed by atoms with Gasteiger partial charge in [0.05, 0.1) is 6.61 Å². The second-order valence-corrected chi connectivity index (χ2v) is 7.15. The van der Waals surface area contributed by atoms with Gasteiger partial charge in [0.25, 0.3) is 5.91 Å². The molecule has 6 nitrogen and oxygen atoms in total. The fourth-order valence-electron chi connectivity index (χ4n) is 3.78. The summed E-state index contributed by atoms with van der Waals surface area (Å²) < 4.78 is 10.8. The summed E-state index contributed by atoms with van der Waals surface area (Å²) in [4.78, 5) is 14.9. The molecule has 3 heterocycles. The maximum atomic E-state index is 12.3. The monoisotopic (exact) mass is 355 g/mol. The number of nitrogens with one attached hydrogen (secondary N) is 1. The zero-order chi connectivity index (χ0) is 17.8. The smallest absolute Gasteiger partial charge is 0.273 e. The zero-order valence-corrected chi connectivity index (χ0v) is 14.9. The topological polar surface area (TPSA) is 67.6 Å². The normalized spacial score (nSPS) is 21.8. The van der Waals surface area contributed by atoms with Gasteiger partial charge in [0.1, 0.15) is 0 Å². The maximum Gasteiger partial charge on any atom is 0.273 e. The number of ether oxygens (including phenoxy) is 1. The van der Waals surface area contributed by atoms with Crippen LogP contribution < -0.4 is 5.32 Å². The summed E-state index contributed by atoms with van der Waals surface area (Å²) in [6, 6.07) is 12.0. The van der Waals surface area contributed by atoms with E-state index in [1.807, 2.05) is 30.3 Å². The van der Waals surface area contributed by atoms with Gasteiger partial charge >= 0.3 is 0 Å². The molecule has 138 valence electrons. The van der Waals surface area contributed by atoms with E-state index in [0.717, 1.165) is 51.1 Å². The third-order valence-electron chi connectivity index (χ3n) is 5.42. The van der Waals surface area contributed by atoms with E-state index in [2.05, 4.69) is 15.4 Å². The molecular weight excluding hydrogens is 330 g/mol. The van der Waals surface area contributed by atoms with Crippen molar-refractivity contribution in [1.29, 1.82) is 0 Å². The van der Waals surface area contributed by atoms with Crippen LogP contribution in [0.2, 0.25) is 0 Å². The first-order chi connectivity index (χ1) is 12.8. The summed E-state index contributed by atoms with van der Waals surface area (Å²) in [6.07, 6.45) is 3.38. The number of piperidine rings is 1. The van der Waals surface area contributed by atoms with Gasteiger partial charge in [0.15, 0.2) is 11.5 Å². The van der Waals surface area contributed by atoms with Crippen LogP contribution in [0.1, 0.15) is 29.8 Å². The molecule has 2 aliphatic rings. The van der Waals surface area contributed by atoms with Crippen molar-refractivity contribution in [2.75, 3.05) is 32.8 Å². The predicted octanol–water partition coefficient (Wildman–Crippen LogP) is 2.57. The zero-order valence-electron chi connectivity index (χ0n) is 14.9. The second-order valence-electron chi connectivity index (χ2n) is 7.15. The standard InChI is InChI=1S/C20H25N3O3/c24-20(18-12-19(26-22-18)16-4-2-1-3-5-16)21-13-15-6-9-23(10-7-15)17-8-11-25-14-17/h1-5,12,15,17H,6-11,13-14H2,(H,21,24)/t17-/m1/s1. The lowest BCUT2D eigenvalue weighted by Crippen LogP contribution is -2.44. The number of aromatic nitrogens is 1. The summed E-state index contributed by atoms with van der Waals surface area (Å²) >= 11 is 0. The third-order valence-corrected chi connectivity index (χ3v) is 5.42. The Morgan fingerprint density at radius 1 is 1.19 bits per heavy atom. The van der Waals surface area contributed by atoms with E-state index in [0.29, 0.717) is 30.0 Å². The van der Waals surface area contributed by atoms with Gasteiger partial charge in [-0.3, -0.25) is 9.69 Å². The van der Waals surface area contributed by atoms with Crippen molar-refractivity contribution in [3.63, 3.8) is 0 Å². The van der Waals surface area contributed by atoms with E-state index in [4.69, 9.17) is 9.26 Å². The summed E-state index contributed by atoms with van der Waals surface area (Å²) in [6.45, 7) is 4.65. The van der Waals surface area contributed by atoms with Gasteiger partial charge in [-0.25, -0.2) is 0 Å². The van der Waals surface area contributed by atoms with E-state index < -0.39 is 0 Å². The number of amides is 1. The van der Waals surface area contributed by atoms with Gasteiger partial charge in [-0.2, -0.15) is 0 Å². The minimum atomic E-state index is -0.164. The molecule has 6 heteroatoms.